The third-order valence-corrected chi connectivity index (χ3v) is 2.40. The Labute approximate surface area is 92.0 Å². The lowest BCUT2D eigenvalue weighted by atomic mass is 10.3. The topological polar surface area (TPSA) is 94.5 Å². The van der Waals surface area contributed by atoms with E-state index < -0.39 is 4.92 Å². The molecule has 2 rings (SSSR count). The Bertz CT molecular complexity index is 404. The Morgan fingerprint density at radius 2 is 2.12 bits per heavy atom. The van der Waals surface area contributed by atoms with Gasteiger partial charge >= 0.3 is 5.82 Å². The van der Waals surface area contributed by atoms with Crippen LogP contribution in [0.4, 0.5) is 17.3 Å². The summed E-state index contributed by atoms with van der Waals surface area (Å²) in [6.07, 6.45) is 0. The van der Waals surface area contributed by atoms with Crippen molar-refractivity contribution >= 4 is 17.3 Å². The zero-order valence-corrected chi connectivity index (χ0v) is 8.63. The van der Waals surface area contributed by atoms with Crippen LogP contribution in [0.3, 0.4) is 0 Å². The Balaban J connectivity index is 2.27. The first-order valence-electron chi connectivity index (χ1n) is 4.92. The molecule has 2 heterocycles. The van der Waals surface area contributed by atoms with Crippen LogP contribution in [-0.4, -0.2) is 36.2 Å². The highest BCUT2D eigenvalue weighted by molar-refractivity contribution is 5.58. The van der Waals surface area contributed by atoms with Crippen molar-refractivity contribution in [1.82, 2.24) is 4.98 Å². The molecule has 1 aliphatic rings. The summed E-state index contributed by atoms with van der Waals surface area (Å²) in [5, 5.41) is 10.7. The molecule has 0 radical (unpaired) electrons. The van der Waals surface area contributed by atoms with Crippen molar-refractivity contribution in [3.8, 4) is 0 Å². The Kier molecular flexibility index (Phi) is 2.86. The molecule has 16 heavy (non-hydrogen) atoms. The monoisotopic (exact) mass is 224 g/mol. The minimum Gasteiger partial charge on any atom is -0.392 e. The number of hydrogen-bond donors (Lipinski definition) is 1. The molecule has 0 bridgehead atoms. The molecule has 0 saturated carbocycles. The molecule has 0 spiro atoms. The van der Waals surface area contributed by atoms with Crippen LogP contribution in [0.15, 0.2) is 12.1 Å². The van der Waals surface area contributed by atoms with E-state index in [1.54, 1.807) is 6.07 Å². The molecule has 1 aromatic heterocycles. The van der Waals surface area contributed by atoms with Crippen LogP contribution in [0.2, 0.25) is 0 Å². The number of morpholine rings is 1. The summed E-state index contributed by atoms with van der Waals surface area (Å²) in [6, 6.07) is 3.20. The van der Waals surface area contributed by atoms with Gasteiger partial charge in [-0.25, -0.2) is 0 Å². The number of nitrogens with zero attached hydrogens (tertiary/aromatic N) is 3. The van der Waals surface area contributed by atoms with Gasteiger partial charge in [-0.05, 0) is 16.0 Å². The molecule has 1 fully saturated rings. The summed E-state index contributed by atoms with van der Waals surface area (Å²) in [7, 11) is 0. The van der Waals surface area contributed by atoms with Gasteiger partial charge in [-0.3, -0.25) is 0 Å². The van der Waals surface area contributed by atoms with Crippen molar-refractivity contribution < 1.29 is 9.66 Å². The fraction of sp³-hybridized carbons (Fsp3) is 0.444. The van der Waals surface area contributed by atoms with Gasteiger partial charge in [0.25, 0.3) is 0 Å². The maximum atomic E-state index is 10.7. The maximum Gasteiger partial charge on any atom is 0.388 e. The van der Waals surface area contributed by atoms with E-state index in [9.17, 15) is 10.1 Å². The van der Waals surface area contributed by atoms with Gasteiger partial charge in [-0.1, -0.05) is 0 Å². The molecular weight excluding hydrogens is 212 g/mol. The van der Waals surface area contributed by atoms with Crippen molar-refractivity contribution in [2.45, 2.75) is 0 Å². The van der Waals surface area contributed by atoms with Crippen LogP contribution in [0.5, 0.6) is 0 Å². The molecule has 1 aliphatic heterocycles. The number of nitro groups is 1. The number of aromatic nitrogens is 1. The second-order valence-corrected chi connectivity index (χ2v) is 3.44. The summed E-state index contributed by atoms with van der Waals surface area (Å²) in [5.41, 5.74) is 5.56. The summed E-state index contributed by atoms with van der Waals surface area (Å²) in [5.74, 6) is 0.285. The van der Waals surface area contributed by atoms with Gasteiger partial charge in [0.1, 0.15) is 5.69 Å². The van der Waals surface area contributed by atoms with E-state index in [2.05, 4.69) is 4.98 Å². The van der Waals surface area contributed by atoms with E-state index >= 15 is 0 Å². The SMILES string of the molecule is Nc1ccc(N2CCOCC2)nc1[N+](=O)[O-]. The van der Waals surface area contributed by atoms with Gasteiger partial charge in [0.2, 0.25) is 5.82 Å². The third-order valence-electron chi connectivity index (χ3n) is 2.40. The van der Waals surface area contributed by atoms with Crippen molar-refractivity contribution in [2.24, 2.45) is 0 Å². The zero-order chi connectivity index (χ0) is 11.5. The van der Waals surface area contributed by atoms with E-state index in [1.165, 1.54) is 6.07 Å². The fourth-order valence-corrected chi connectivity index (χ4v) is 1.56. The fourth-order valence-electron chi connectivity index (χ4n) is 1.56. The van der Waals surface area contributed by atoms with Crippen LogP contribution in [0, 0.1) is 10.1 Å². The number of pyridine rings is 1. The lowest BCUT2D eigenvalue weighted by molar-refractivity contribution is -0.388. The first kappa shape index (κ1) is 10.6. The van der Waals surface area contributed by atoms with Gasteiger partial charge in [0.05, 0.1) is 13.2 Å². The minimum atomic E-state index is -0.570. The van der Waals surface area contributed by atoms with E-state index in [0.717, 1.165) is 0 Å². The number of rotatable bonds is 2. The highest BCUT2D eigenvalue weighted by Gasteiger charge is 2.20. The van der Waals surface area contributed by atoms with E-state index in [0.29, 0.717) is 32.1 Å². The maximum absolute atomic E-state index is 10.7. The largest absolute Gasteiger partial charge is 0.392 e. The number of hydrogen-bond acceptors (Lipinski definition) is 6. The number of nitrogen functional groups attached to an aromatic ring is 1. The number of nitrogens with two attached hydrogens (primary N) is 1. The second-order valence-electron chi connectivity index (χ2n) is 3.44. The van der Waals surface area contributed by atoms with Gasteiger partial charge in [0.15, 0.2) is 0 Å². The quantitative estimate of drug-likeness (QED) is 0.577. The Morgan fingerprint density at radius 1 is 1.44 bits per heavy atom. The smallest absolute Gasteiger partial charge is 0.388 e. The molecule has 0 aromatic carbocycles. The summed E-state index contributed by atoms with van der Waals surface area (Å²) in [4.78, 5) is 16.0. The highest BCUT2D eigenvalue weighted by Crippen LogP contribution is 2.23. The first-order valence-corrected chi connectivity index (χ1v) is 4.92. The van der Waals surface area contributed by atoms with Crippen LogP contribution < -0.4 is 10.6 Å². The van der Waals surface area contributed by atoms with Crippen molar-refractivity contribution in [1.29, 1.82) is 0 Å². The Hall–Kier alpha value is -1.89. The minimum absolute atomic E-state index is 0.0852. The molecule has 7 nitrogen and oxygen atoms in total. The van der Waals surface area contributed by atoms with Crippen LogP contribution in [0.25, 0.3) is 0 Å². The van der Waals surface area contributed by atoms with E-state index in [-0.39, 0.29) is 11.5 Å². The standard InChI is InChI=1S/C9H12N4O3/c10-7-1-2-8(11-9(7)13(14)15)12-3-5-16-6-4-12/h1-2H,3-6,10H2. The van der Waals surface area contributed by atoms with Crippen LogP contribution in [0.1, 0.15) is 0 Å². The normalized spacial score (nSPS) is 16.1. The molecule has 0 aliphatic carbocycles. The second kappa shape index (κ2) is 4.31. The summed E-state index contributed by atoms with van der Waals surface area (Å²) in [6.45, 7) is 2.60. The zero-order valence-electron chi connectivity index (χ0n) is 8.63. The average Bonchev–Trinajstić information content (AvgIpc) is 2.30. The van der Waals surface area contributed by atoms with Crippen LogP contribution >= 0.6 is 0 Å². The highest BCUT2D eigenvalue weighted by atomic mass is 16.6. The molecule has 7 heteroatoms. The number of anilines is 2. The van der Waals surface area contributed by atoms with Crippen molar-refractivity contribution in [2.75, 3.05) is 36.9 Å². The van der Waals surface area contributed by atoms with E-state index in [4.69, 9.17) is 10.5 Å². The van der Waals surface area contributed by atoms with Gasteiger partial charge in [-0.2, -0.15) is 0 Å². The van der Waals surface area contributed by atoms with Crippen molar-refractivity contribution in [3.63, 3.8) is 0 Å². The molecule has 1 saturated heterocycles. The molecule has 0 amide bonds. The molecular formula is C9H12N4O3. The lowest BCUT2D eigenvalue weighted by Gasteiger charge is -2.25. The Morgan fingerprint density at radius 3 is 2.75 bits per heavy atom. The molecule has 0 atom stereocenters. The van der Waals surface area contributed by atoms with Crippen molar-refractivity contribution in [3.05, 3.63) is 22.2 Å². The summed E-state index contributed by atoms with van der Waals surface area (Å²) < 4.78 is 5.19. The predicted molar refractivity (Wildman–Crippen MR) is 58.3 cm³/mol. The molecule has 2 N–H and O–H groups in total. The predicted octanol–water partition coefficient (Wildman–Crippen LogP) is 0.409. The van der Waals surface area contributed by atoms with Gasteiger partial charge < -0.3 is 25.5 Å². The molecule has 0 unspecified atom stereocenters. The van der Waals surface area contributed by atoms with E-state index in [1.807, 2.05) is 4.90 Å². The van der Waals surface area contributed by atoms with Gasteiger partial charge in [-0.15, -0.1) is 0 Å². The van der Waals surface area contributed by atoms with Crippen LogP contribution in [-0.2, 0) is 4.74 Å². The molecule has 86 valence electrons. The average molecular weight is 224 g/mol. The van der Waals surface area contributed by atoms with Gasteiger partial charge in [0, 0.05) is 19.2 Å². The lowest BCUT2D eigenvalue weighted by Crippen LogP contribution is -2.36. The molecule has 1 aromatic rings. The third kappa shape index (κ3) is 2.03. The summed E-state index contributed by atoms with van der Waals surface area (Å²) >= 11 is 0. The number of ether oxygens (including phenoxy) is 1. The first-order chi connectivity index (χ1) is 7.68.